The molecule has 0 saturated carbocycles. The maximum absolute atomic E-state index is 12.1. The highest BCUT2D eigenvalue weighted by Gasteiger charge is 2.19. The zero-order valence-corrected chi connectivity index (χ0v) is 14.5. The number of hydrogen-bond acceptors (Lipinski definition) is 6. The minimum absolute atomic E-state index is 0.187. The van der Waals surface area contributed by atoms with Crippen molar-refractivity contribution in [3.63, 3.8) is 0 Å². The molecular weight excluding hydrogens is 324 g/mol. The van der Waals surface area contributed by atoms with Gasteiger partial charge in [0, 0.05) is 17.9 Å². The van der Waals surface area contributed by atoms with Gasteiger partial charge in [0.2, 0.25) is 5.89 Å². The maximum Gasteiger partial charge on any atom is 0.315 e. The predicted molar refractivity (Wildman–Crippen MR) is 90.3 cm³/mol. The Hall–Kier alpha value is -3.03. The van der Waals surface area contributed by atoms with Crippen molar-refractivity contribution in [3.05, 3.63) is 41.2 Å². The van der Waals surface area contributed by atoms with E-state index in [4.69, 9.17) is 13.7 Å². The van der Waals surface area contributed by atoms with Gasteiger partial charge in [-0.25, -0.2) is 4.79 Å². The number of methoxy groups -OCH3 is 1. The van der Waals surface area contributed by atoms with E-state index in [2.05, 4.69) is 20.8 Å². The standard InChI is InChI=1S/C17H20N4O4/c1-9-13-7-12(23-4)5-6-14(13)24-16(9)10(2)19-17(22)18-8-15-20-11(3)25-21-15/h5-7,10H,8H2,1-4H3,(H2,18,19,22)/t10-/m0/s1. The number of urea groups is 1. The Morgan fingerprint density at radius 1 is 1.36 bits per heavy atom. The van der Waals surface area contributed by atoms with Crippen LogP contribution in [-0.4, -0.2) is 23.3 Å². The number of carbonyl (C=O) groups excluding carboxylic acids is 1. The van der Waals surface area contributed by atoms with Gasteiger partial charge in [-0.15, -0.1) is 0 Å². The quantitative estimate of drug-likeness (QED) is 0.737. The van der Waals surface area contributed by atoms with Crippen molar-refractivity contribution in [2.75, 3.05) is 7.11 Å². The number of ether oxygens (including phenoxy) is 1. The van der Waals surface area contributed by atoms with Crippen molar-refractivity contribution >= 4 is 17.0 Å². The molecule has 132 valence electrons. The summed E-state index contributed by atoms with van der Waals surface area (Å²) in [5, 5.41) is 10.2. The summed E-state index contributed by atoms with van der Waals surface area (Å²) in [5.74, 6) is 2.34. The highest BCUT2D eigenvalue weighted by molar-refractivity contribution is 5.84. The van der Waals surface area contributed by atoms with Crippen molar-refractivity contribution in [1.29, 1.82) is 0 Å². The summed E-state index contributed by atoms with van der Waals surface area (Å²) in [6, 6.07) is 4.98. The van der Waals surface area contributed by atoms with Gasteiger partial charge in [0.15, 0.2) is 5.82 Å². The summed E-state index contributed by atoms with van der Waals surface area (Å²) >= 11 is 0. The molecule has 0 bridgehead atoms. The number of benzene rings is 1. The molecule has 8 nitrogen and oxygen atoms in total. The van der Waals surface area contributed by atoms with Crippen LogP contribution in [0.25, 0.3) is 11.0 Å². The summed E-state index contributed by atoms with van der Waals surface area (Å²) in [7, 11) is 1.62. The van der Waals surface area contributed by atoms with E-state index >= 15 is 0 Å². The van der Waals surface area contributed by atoms with E-state index in [-0.39, 0.29) is 18.6 Å². The second-order valence-corrected chi connectivity index (χ2v) is 5.73. The summed E-state index contributed by atoms with van der Waals surface area (Å²) in [6.45, 7) is 5.70. The normalized spacial score (nSPS) is 12.2. The Balaban J connectivity index is 1.68. The maximum atomic E-state index is 12.1. The molecule has 0 aliphatic rings. The molecule has 8 heteroatoms. The Kier molecular flexibility index (Phi) is 4.60. The average molecular weight is 344 g/mol. The number of nitrogens with zero attached hydrogens (tertiary/aromatic N) is 2. The van der Waals surface area contributed by atoms with Gasteiger partial charge in [-0.1, -0.05) is 5.16 Å². The first-order chi connectivity index (χ1) is 12.0. The molecule has 0 fully saturated rings. The minimum atomic E-state index is -0.340. The number of hydrogen-bond donors (Lipinski definition) is 2. The van der Waals surface area contributed by atoms with Gasteiger partial charge in [-0.05, 0) is 32.0 Å². The fourth-order valence-electron chi connectivity index (χ4n) is 2.64. The number of aromatic nitrogens is 2. The van der Waals surface area contributed by atoms with Crippen LogP contribution in [0.5, 0.6) is 5.75 Å². The fourth-order valence-corrected chi connectivity index (χ4v) is 2.64. The molecular formula is C17H20N4O4. The molecule has 0 unspecified atom stereocenters. The fraction of sp³-hybridized carbons (Fsp3) is 0.353. The van der Waals surface area contributed by atoms with Crippen LogP contribution in [0, 0.1) is 13.8 Å². The number of rotatable bonds is 5. The molecule has 0 aliphatic carbocycles. The molecule has 0 radical (unpaired) electrons. The summed E-state index contributed by atoms with van der Waals surface area (Å²) < 4.78 is 16.0. The lowest BCUT2D eigenvalue weighted by Crippen LogP contribution is -2.36. The van der Waals surface area contributed by atoms with E-state index in [1.807, 2.05) is 32.0 Å². The van der Waals surface area contributed by atoms with Crippen molar-refractivity contribution in [2.45, 2.75) is 33.4 Å². The van der Waals surface area contributed by atoms with Crippen LogP contribution in [0.1, 0.15) is 36.0 Å². The first kappa shape index (κ1) is 16.8. The number of carbonyl (C=O) groups is 1. The first-order valence-corrected chi connectivity index (χ1v) is 7.88. The Morgan fingerprint density at radius 2 is 2.16 bits per heavy atom. The number of aryl methyl sites for hydroxylation is 2. The van der Waals surface area contributed by atoms with Gasteiger partial charge in [-0.2, -0.15) is 4.98 Å². The highest BCUT2D eigenvalue weighted by atomic mass is 16.5. The molecule has 0 aliphatic heterocycles. The van der Waals surface area contributed by atoms with Crippen LogP contribution in [0.3, 0.4) is 0 Å². The van der Waals surface area contributed by atoms with Gasteiger partial charge in [0.1, 0.15) is 17.1 Å². The van der Waals surface area contributed by atoms with Gasteiger partial charge in [-0.3, -0.25) is 0 Å². The summed E-state index contributed by atoms with van der Waals surface area (Å²) in [4.78, 5) is 16.1. The molecule has 2 heterocycles. The van der Waals surface area contributed by atoms with E-state index in [9.17, 15) is 4.79 Å². The topological polar surface area (TPSA) is 102 Å². The lowest BCUT2D eigenvalue weighted by atomic mass is 10.1. The van der Waals surface area contributed by atoms with Crippen LogP contribution in [0.2, 0.25) is 0 Å². The second kappa shape index (κ2) is 6.84. The molecule has 3 aromatic rings. The SMILES string of the molecule is COc1ccc2oc([C@H](C)NC(=O)NCc3noc(C)n3)c(C)c2c1. The second-order valence-electron chi connectivity index (χ2n) is 5.73. The van der Waals surface area contributed by atoms with E-state index < -0.39 is 0 Å². The molecule has 25 heavy (non-hydrogen) atoms. The Labute approximate surface area is 144 Å². The third kappa shape index (κ3) is 3.57. The molecule has 2 amide bonds. The zero-order valence-electron chi connectivity index (χ0n) is 14.5. The van der Waals surface area contributed by atoms with E-state index in [1.165, 1.54) is 0 Å². The molecule has 3 rings (SSSR count). The average Bonchev–Trinajstić information content (AvgIpc) is 3.16. The molecule has 2 N–H and O–H groups in total. The van der Waals surface area contributed by atoms with Crippen LogP contribution in [0.4, 0.5) is 4.79 Å². The predicted octanol–water partition coefficient (Wildman–Crippen LogP) is 3.00. The van der Waals surface area contributed by atoms with Crippen molar-refractivity contribution in [3.8, 4) is 5.75 Å². The largest absolute Gasteiger partial charge is 0.497 e. The van der Waals surface area contributed by atoms with Gasteiger partial charge >= 0.3 is 6.03 Å². The van der Waals surface area contributed by atoms with E-state index in [1.54, 1.807) is 14.0 Å². The minimum Gasteiger partial charge on any atom is -0.497 e. The summed E-state index contributed by atoms with van der Waals surface area (Å²) in [6.07, 6.45) is 0. The monoisotopic (exact) mass is 344 g/mol. The highest BCUT2D eigenvalue weighted by Crippen LogP contribution is 2.31. The molecule has 0 spiro atoms. The van der Waals surface area contributed by atoms with Crippen molar-refractivity contribution in [2.24, 2.45) is 0 Å². The number of nitrogens with one attached hydrogen (secondary N) is 2. The van der Waals surface area contributed by atoms with Crippen molar-refractivity contribution < 1.29 is 18.5 Å². The van der Waals surface area contributed by atoms with E-state index in [0.29, 0.717) is 17.5 Å². The van der Waals surface area contributed by atoms with Crippen LogP contribution in [0.15, 0.2) is 27.1 Å². The number of amides is 2. The lowest BCUT2D eigenvalue weighted by Gasteiger charge is -2.12. The van der Waals surface area contributed by atoms with Gasteiger partial charge in [0.05, 0.1) is 19.7 Å². The molecule has 2 aromatic heterocycles. The van der Waals surface area contributed by atoms with Gasteiger partial charge < -0.3 is 24.3 Å². The first-order valence-electron chi connectivity index (χ1n) is 7.88. The number of furan rings is 1. The zero-order chi connectivity index (χ0) is 18.0. The van der Waals surface area contributed by atoms with E-state index in [0.717, 1.165) is 22.3 Å². The molecule has 1 atom stereocenters. The van der Waals surface area contributed by atoms with Gasteiger partial charge in [0.25, 0.3) is 0 Å². The molecule has 0 saturated heterocycles. The number of fused-ring (bicyclic) bond motifs is 1. The third-order valence-corrected chi connectivity index (χ3v) is 3.90. The van der Waals surface area contributed by atoms with Crippen LogP contribution >= 0.6 is 0 Å². The Morgan fingerprint density at radius 3 is 2.84 bits per heavy atom. The molecule has 1 aromatic carbocycles. The summed E-state index contributed by atoms with van der Waals surface area (Å²) in [5.41, 5.74) is 1.72. The smallest absolute Gasteiger partial charge is 0.315 e. The van der Waals surface area contributed by atoms with Crippen LogP contribution in [-0.2, 0) is 6.54 Å². The third-order valence-electron chi connectivity index (χ3n) is 3.90. The lowest BCUT2D eigenvalue weighted by molar-refractivity contribution is 0.235. The van der Waals surface area contributed by atoms with Crippen LogP contribution < -0.4 is 15.4 Å². The van der Waals surface area contributed by atoms with Crippen molar-refractivity contribution in [1.82, 2.24) is 20.8 Å². The Bertz CT molecular complexity index is 899.